The third-order valence-corrected chi connectivity index (χ3v) is 3.16. The number of aryl methyl sites for hydroxylation is 1. The first-order valence-electron chi connectivity index (χ1n) is 5.47. The van der Waals surface area contributed by atoms with Gasteiger partial charge in [0.15, 0.2) is 0 Å². The quantitative estimate of drug-likeness (QED) is 0.807. The second-order valence-electron chi connectivity index (χ2n) is 4.33. The van der Waals surface area contributed by atoms with Gasteiger partial charge in [0.1, 0.15) is 5.65 Å². The molecule has 0 aromatic carbocycles. The van der Waals surface area contributed by atoms with E-state index in [-0.39, 0.29) is 0 Å². The van der Waals surface area contributed by atoms with Crippen LogP contribution in [-0.2, 0) is 6.54 Å². The molecule has 0 radical (unpaired) electrons. The number of pyridine rings is 1. The topological polar surface area (TPSA) is 43.3 Å². The van der Waals surface area contributed by atoms with E-state index in [1.807, 2.05) is 0 Å². The summed E-state index contributed by atoms with van der Waals surface area (Å²) in [5.41, 5.74) is 10.4. The molecule has 0 bridgehead atoms. The molecule has 2 N–H and O–H groups in total. The molecule has 15 heavy (non-hydrogen) atoms. The Morgan fingerprint density at radius 1 is 1.47 bits per heavy atom. The van der Waals surface area contributed by atoms with E-state index in [0.717, 1.165) is 11.2 Å². The van der Waals surface area contributed by atoms with Gasteiger partial charge in [-0.15, -0.1) is 0 Å². The van der Waals surface area contributed by atoms with E-state index in [0.29, 0.717) is 12.5 Å². The molecule has 0 saturated heterocycles. The third-order valence-electron chi connectivity index (χ3n) is 3.16. The summed E-state index contributed by atoms with van der Waals surface area (Å²) in [6, 6.07) is 4.11. The molecule has 3 heteroatoms. The zero-order chi connectivity index (χ0) is 10.4. The van der Waals surface area contributed by atoms with Crippen LogP contribution in [0.25, 0.3) is 5.65 Å². The molecule has 0 spiro atoms. The van der Waals surface area contributed by atoms with Gasteiger partial charge >= 0.3 is 0 Å². The minimum atomic E-state index is 0.590. The summed E-state index contributed by atoms with van der Waals surface area (Å²) in [6.45, 7) is 2.74. The van der Waals surface area contributed by atoms with E-state index >= 15 is 0 Å². The fourth-order valence-electron chi connectivity index (χ4n) is 2.09. The van der Waals surface area contributed by atoms with Gasteiger partial charge in [-0.05, 0) is 31.4 Å². The summed E-state index contributed by atoms with van der Waals surface area (Å²) in [6.07, 6.45) is 4.70. The smallest absolute Gasteiger partial charge is 0.137 e. The molecule has 1 fully saturated rings. The van der Waals surface area contributed by atoms with Crippen LogP contribution in [0.1, 0.15) is 35.7 Å². The Balaban J connectivity index is 2.21. The molecule has 0 atom stereocenters. The van der Waals surface area contributed by atoms with E-state index in [1.165, 1.54) is 24.2 Å². The molecule has 78 valence electrons. The van der Waals surface area contributed by atoms with E-state index in [4.69, 9.17) is 5.73 Å². The van der Waals surface area contributed by atoms with Gasteiger partial charge in [0.2, 0.25) is 0 Å². The monoisotopic (exact) mass is 201 g/mol. The molecule has 2 aromatic heterocycles. The van der Waals surface area contributed by atoms with E-state index < -0.39 is 0 Å². The van der Waals surface area contributed by atoms with Crippen LogP contribution in [0, 0.1) is 6.92 Å². The Kier molecular flexibility index (Phi) is 1.83. The summed E-state index contributed by atoms with van der Waals surface area (Å²) >= 11 is 0. The lowest BCUT2D eigenvalue weighted by atomic mass is 10.2. The number of rotatable bonds is 2. The highest BCUT2D eigenvalue weighted by Gasteiger charge is 2.28. The largest absolute Gasteiger partial charge is 0.326 e. The van der Waals surface area contributed by atoms with Crippen molar-refractivity contribution in [2.24, 2.45) is 5.73 Å². The van der Waals surface area contributed by atoms with Crippen molar-refractivity contribution in [1.82, 2.24) is 9.38 Å². The van der Waals surface area contributed by atoms with E-state index in [2.05, 4.69) is 34.6 Å². The molecule has 1 saturated carbocycles. The summed E-state index contributed by atoms with van der Waals surface area (Å²) in [4.78, 5) is 4.67. The molecule has 2 aromatic rings. The highest BCUT2D eigenvalue weighted by atomic mass is 15.0. The second-order valence-corrected chi connectivity index (χ2v) is 4.33. The lowest BCUT2D eigenvalue weighted by Crippen LogP contribution is -1.98. The predicted octanol–water partition coefficient (Wildman–Crippen LogP) is 1.98. The molecule has 0 aliphatic heterocycles. The van der Waals surface area contributed by atoms with Crippen molar-refractivity contribution >= 4 is 5.65 Å². The van der Waals surface area contributed by atoms with Gasteiger partial charge < -0.3 is 10.1 Å². The number of imidazole rings is 1. The standard InChI is InChI=1S/C12H15N3/c1-8-12(10-3-4-10)14-11-5-2-9(6-13)7-15(8)11/h2,5,7,10H,3-4,6,13H2,1H3. The SMILES string of the molecule is Cc1c(C2CC2)nc2ccc(CN)cn12. The fourth-order valence-corrected chi connectivity index (χ4v) is 2.09. The van der Waals surface area contributed by atoms with Crippen molar-refractivity contribution in [3.05, 3.63) is 35.3 Å². The molecular formula is C12H15N3. The Hall–Kier alpha value is -1.35. The lowest BCUT2D eigenvalue weighted by Gasteiger charge is -2.00. The summed E-state index contributed by atoms with van der Waals surface area (Å²) in [5, 5.41) is 0. The van der Waals surface area contributed by atoms with Gasteiger partial charge in [-0.25, -0.2) is 4.98 Å². The third kappa shape index (κ3) is 1.35. The van der Waals surface area contributed by atoms with Crippen LogP contribution in [0.3, 0.4) is 0 Å². The Bertz CT molecular complexity index is 509. The number of aromatic nitrogens is 2. The molecule has 3 nitrogen and oxygen atoms in total. The van der Waals surface area contributed by atoms with Crippen LogP contribution < -0.4 is 5.73 Å². The Morgan fingerprint density at radius 3 is 2.93 bits per heavy atom. The van der Waals surface area contributed by atoms with Crippen LogP contribution in [0.5, 0.6) is 0 Å². The van der Waals surface area contributed by atoms with Gasteiger partial charge in [0.25, 0.3) is 0 Å². The average Bonchev–Trinajstić information content (AvgIpc) is 3.05. The normalized spacial score (nSPS) is 16.1. The van der Waals surface area contributed by atoms with Crippen molar-refractivity contribution < 1.29 is 0 Å². The van der Waals surface area contributed by atoms with Gasteiger partial charge in [0.05, 0.1) is 5.69 Å². The predicted molar refractivity (Wildman–Crippen MR) is 59.8 cm³/mol. The average molecular weight is 201 g/mol. The highest BCUT2D eigenvalue weighted by Crippen LogP contribution is 2.41. The van der Waals surface area contributed by atoms with Crippen molar-refractivity contribution in [2.75, 3.05) is 0 Å². The van der Waals surface area contributed by atoms with Crippen molar-refractivity contribution in [3.8, 4) is 0 Å². The Morgan fingerprint density at radius 2 is 2.27 bits per heavy atom. The van der Waals surface area contributed by atoms with Gasteiger partial charge in [-0.2, -0.15) is 0 Å². The fraction of sp³-hybridized carbons (Fsp3) is 0.417. The molecular weight excluding hydrogens is 186 g/mol. The Labute approximate surface area is 88.9 Å². The van der Waals surface area contributed by atoms with Crippen molar-refractivity contribution in [2.45, 2.75) is 32.2 Å². The maximum Gasteiger partial charge on any atom is 0.137 e. The number of hydrogen-bond donors (Lipinski definition) is 1. The lowest BCUT2D eigenvalue weighted by molar-refractivity contribution is 0.987. The summed E-state index contributed by atoms with van der Waals surface area (Å²) in [5.74, 6) is 0.714. The van der Waals surface area contributed by atoms with Crippen molar-refractivity contribution in [3.63, 3.8) is 0 Å². The minimum absolute atomic E-state index is 0.590. The molecule has 2 heterocycles. The van der Waals surface area contributed by atoms with Crippen LogP contribution in [0.15, 0.2) is 18.3 Å². The van der Waals surface area contributed by atoms with Gasteiger partial charge in [0, 0.05) is 24.4 Å². The van der Waals surface area contributed by atoms with E-state index in [9.17, 15) is 0 Å². The van der Waals surface area contributed by atoms with E-state index in [1.54, 1.807) is 0 Å². The molecule has 0 amide bonds. The highest BCUT2D eigenvalue weighted by molar-refractivity contribution is 5.45. The summed E-state index contributed by atoms with van der Waals surface area (Å²) in [7, 11) is 0. The first kappa shape index (κ1) is 8.92. The van der Waals surface area contributed by atoms with Crippen LogP contribution in [-0.4, -0.2) is 9.38 Å². The molecule has 1 aliphatic carbocycles. The number of nitrogens with two attached hydrogens (primary N) is 1. The number of hydrogen-bond acceptors (Lipinski definition) is 2. The van der Waals surface area contributed by atoms with Crippen LogP contribution in [0.2, 0.25) is 0 Å². The maximum atomic E-state index is 5.64. The molecule has 0 unspecified atom stereocenters. The summed E-state index contributed by atoms with van der Waals surface area (Å²) < 4.78 is 2.16. The van der Waals surface area contributed by atoms with Gasteiger partial charge in [-0.3, -0.25) is 0 Å². The first-order chi connectivity index (χ1) is 7.29. The second kappa shape index (κ2) is 3.07. The number of fused-ring (bicyclic) bond motifs is 1. The number of nitrogens with zero attached hydrogens (tertiary/aromatic N) is 2. The van der Waals surface area contributed by atoms with Gasteiger partial charge in [-0.1, -0.05) is 6.07 Å². The zero-order valence-corrected chi connectivity index (χ0v) is 8.90. The van der Waals surface area contributed by atoms with Crippen LogP contribution >= 0.6 is 0 Å². The first-order valence-corrected chi connectivity index (χ1v) is 5.47. The maximum absolute atomic E-state index is 5.64. The van der Waals surface area contributed by atoms with Crippen molar-refractivity contribution in [1.29, 1.82) is 0 Å². The molecule has 1 aliphatic rings. The zero-order valence-electron chi connectivity index (χ0n) is 8.90. The minimum Gasteiger partial charge on any atom is -0.326 e. The van der Waals surface area contributed by atoms with Crippen LogP contribution in [0.4, 0.5) is 0 Å². The molecule has 3 rings (SSSR count).